The van der Waals surface area contributed by atoms with Crippen LogP contribution in [-0.4, -0.2) is 24.9 Å². The number of benzene rings is 2. The lowest BCUT2D eigenvalue weighted by molar-refractivity contribution is -0.135. The molecule has 6 heteroatoms. The summed E-state index contributed by atoms with van der Waals surface area (Å²) in [4.78, 5) is 27.3. The SMILES string of the molecule is CCN(CC)c1ccc(NC(=O)C(C)(C)C(=O)Nc2ccc(F)cc2)cc1. The molecule has 0 aliphatic rings. The number of carbonyl (C=O) groups is 2. The van der Waals surface area contributed by atoms with E-state index in [4.69, 9.17) is 0 Å². The fraction of sp³-hybridized carbons (Fsp3) is 0.333. The van der Waals surface area contributed by atoms with E-state index in [1.807, 2.05) is 24.3 Å². The van der Waals surface area contributed by atoms with Crippen LogP contribution in [0.2, 0.25) is 0 Å². The Kier molecular flexibility index (Phi) is 6.55. The Labute approximate surface area is 159 Å². The molecule has 0 unspecified atom stereocenters. The monoisotopic (exact) mass is 371 g/mol. The molecule has 0 aromatic heterocycles. The lowest BCUT2D eigenvalue weighted by atomic mass is 9.90. The summed E-state index contributed by atoms with van der Waals surface area (Å²) in [5.74, 6) is -1.28. The predicted octanol–water partition coefficient (Wildman–Crippen LogP) is 4.28. The van der Waals surface area contributed by atoms with Gasteiger partial charge in [0.1, 0.15) is 11.2 Å². The molecule has 0 radical (unpaired) electrons. The lowest BCUT2D eigenvalue weighted by Gasteiger charge is -2.24. The van der Waals surface area contributed by atoms with Gasteiger partial charge in [0.2, 0.25) is 11.8 Å². The third-order valence-electron chi connectivity index (χ3n) is 4.49. The smallest absolute Gasteiger partial charge is 0.239 e. The van der Waals surface area contributed by atoms with E-state index in [0.717, 1.165) is 18.8 Å². The molecule has 0 bridgehead atoms. The zero-order chi connectivity index (χ0) is 20.0. The van der Waals surface area contributed by atoms with Gasteiger partial charge in [-0.3, -0.25) is 9.59 Å². The third-order valence-corrected chi connectivity index (χ3v) is 4.49. The first kappa shape index (κ1) is 20.4. The second-order valence-electron chi connectivity index (χ2n) is 6.76. The molecule has 0 spiro atoms. The highest BCUT2D eigenvalue weighted by Gasteiger charge is 2.36. The van der Waals surface area contributed by atoms with Crippen LogP contribution in [0.25, 0.3) is 0 Å². The van der Waals surface area contributed by atoms with E-state index < -0.39 is 23.0 Å². The molecule has 144 valence electrons. The van der Waals surface area contributed by atoms with E-state index in [1.165, 1.54) is 24.3 Å². The molecule has 0 aliphatic carbocycles. The van der Waals surface area contributed by atoms with Gasteiger partial charge in [-0.1, -0.05) is 0 Å². The molecule has 0 atom stereocenters. The van der Waals surface area contributed by atoms with Crippen LogP contribution in [0.1, 0.15) is 27.7 Å². The van der Waals surface area contributed by atoms with Crippen molar-refractivity contribution in [2.75, 3.05) is 28.6 Å². The maximum absolute atomic E-state index is 13.0. The van der Waals surface area contributed by atoms with E-state index in [9.17, 15) is 14.0 Å². The van der Waals surface area contributed by atoms with Crippen LogP contribution in [-0.2, 0) is 9.59 Å². The van der Waals surface area contributed by atoms with E-state index in [2.05, 4.69) is 29.4 Å². The second kappa shape index (κ2) is 8.66. The molecular weight excluding hydrogens is 345 g/mol. The number of rotatable bonds is 7. The van der Waals surface area contributed by atoms with E-state index >= 15 is 0 Å². The second-order valence-corrected chi connectivity index (χ2v) is 6.76. The average Bonchev–Trinajstić information content (AvgIpc) is 2.65. The van der Waals surface area contributed by atoms with Crippen LogP contribution in [0, 0.1) is 11.2 Å². The zero-order valence-corrected chi connectivity index (χ0v) is 16.2. The molecule has 0 aliphatic heterocycles. The average molecular weight is 371 g/mol. The van der Waals surface area contributed by atoms with Crippen LogP contribution < -0.4 is 15.5 Å². The Morgan fingerprint density at radius 3 is 1.67 bits per heavy atom. The van der Waals surface area contributed by atoms with Crippen LogP contribution in [0.3, 0.4) is 0 Å². The van der Waals surface area contributed by atoms with Gasteiger partial charge in [-0.2, -0.15) is 0 Å². The molecule has 27 heavy (non-hydrogen) atoms. The van der Waals surface area contributed by atoms with Gasteiger partial charge >= 0.3 is 0 Å². The molecule has 2 aromatic rings. The number of hydrogen-bond acceptors (Lipinski definition) is 3. The number of nitrogens with zero attached hydrogens (tertiary/aromatic N) is 1. The fourth-order valence-corrected chi connectivity index (χ4v) is 2.56. The Bertz CT molecular complexity index is 782. The highest BCUT2D eigenvalue weighted by Crippen LogP contribution is 2.23. The first-order valence-electron chi connectivity index (χ1n) is 9.01. The molecular formula is C21H26FN3O2. The van der Waals surface area contributed by atoms with Gasteiger partial charge < -0.3 is 15.5 Å². The first-order valence-corrected chi connectivity index (χ1v) is 9.01. The minimum absolute atomic E-state index is 0.391. The van der Waals surface area contributed by atoms with Gasteiger partial charge in [-0.15, -0.1) is 0 Å². The first-order chi connectivity index (χ1) is 12.8. The van der Waals surface area contributed by atoms with Crippen LogP contribution in [0.4, 0.5) is 21.5 Å². The number of nitrogens with one attached hydrogen (secondary N) is 2. The summed E-state index contributed by atoms with van der Waals surface area (Å²) in [7, 11) is 0. The summed E-state index contributed by atoms with van der Waals surface area (Å²) in [5, 5.41) is 5.42. The minimum atomic E-state index is -1.30. The van der Waals surface area contributed by atoms with Gasteiger partial charge in [0.25, 0.3) is 0 Å². The number of carbonyl (C=O) groups excluding carboxylic acids is 2. The van der Waals surface area contributed by atoms with Crippen LogP contribution in [0.5, 0.6) is 0 Å². The van der Waals surface area contributed by atoms with Crippen molar-refractivity contribution in [1.29, 1.82) is 0 Å². The van der Waals surface area contributed by atoms with Crippen molar-refractivity contribution in [2.24, 2.45) is 5.41 Å². The topological polar surface area (TPSA) is 61.4 Å². The highest BCUT2D eigenvalue weighted by molar-refractivity contribution is 6.14. The Morgan fingerprint density at radius 1 is 0.852 bits per heavy atom. The largest absolute Gasteiger partial charge is 0.372 e. The molecule has 2 N–H and O–H groups in total. The van der Waals surface area contributed by atoms with Gasteiger partial charge in [0.15, 0.2) is 0 Å². The van der Waals surface area contributed by atoms with Crippen molar-refractivity contribution in [3.8, 4) is 0 Å². The summed E-state index contributed by atoms with van der Waals surface area (Å²) >= 11 is 0. The van der Waals surface area contributed by atoms with Crippen LogP contribution >= 0.6 is 0 Å². The van der Waals surface area contributed by atoms with E-state index in [-0.39, 0.29) is 0 Å². The maximum Gasteiger partial charge on any atom is 0.239 e. The summed E-state index contributed by atoms with van der Waals surface area (Å²) in [5.41, 5.74) is 0.835. The molecule has 2 amide bonds. The van der Waals surface area contributed by atoms with Crippen LogP contribution in [0.15, 0.2) is 48.5 Å². The zero-order valence-electron chi connectivity index (χ0n) is 16.2. The van der Waals surface area contributed by atoms with Gasteiger partial charge in [0, 0.05) is 30.2 Å². The normalized spacial score (nSPS) is 11.0. The Hall–Kier alpha value is -2.89. The number of anilines is 3. The van der Waals surface area contributed by atoms with Crippen molar-refractivity contribution in [2.45, 2.75) is 27.7 Å². The summed E-state index contributed by atoms with van der Waals surface area (Å²) in [6, 6.07) is 12.9. The number of hydrogen-bond donors (Lipinski definition) is 2. The lowest BCUT2D eigenvalue weighted by Crippen LogP contribution is -2.41. The van der Waals surface area contributed by atoms with Gasteiger partial charge in [0.05, 0.1) is 0 Å². The maximum atomic E-state index is 13.0. The van der Waals surface area contributed by atoms with Crippen molar-refractivity contribution in [3.63, 3.8) is 0 Å². The molecule has 2 rings (SSSR count). The Balaban J connectivity index is 2.04. The molecule has 0 fully saturated rings. The number of halogens is 1. The van der Waals surface area contributed by atoms with Crippen molar-refractivity contribution in [1.82, 2.24) is 0 Å². The minimum Gasteiger partial charge on any atom is -0.372 e. The standard InChI is InChI=1S/C21H26FN3O2/c1-5-25(6-2)18-13-11-17(12-14-18)24-20(27)21(3,4)19(26)23-16-9-7-15(22)8-10-16/h7-14H,5-6H2,1-4H3,(H,23,26)(H,24,27). The molecule has 2 aromatic carbocycles. The Morgan fingerprint density at radius 2 is 1.26 bits per heavy atom. The van der Waals surface area contributed by atoms with Gasteiger partial charge in [-0.25, -0.2) is 4.39 Å². The van der Waals surface area contributed by atoms with E-state index in [1.54, 1.807) is 13.8 Å². The molecule has 0 saturated heterocycles. The van der Waals surface area contributed by atoms with Crippen molar-refractivity contribution < 1.29 is 14.0 Å². The molecule has 5 nitrogen and oxygen atoms in total. The number of amides is 2. The highest BCUT2D eigenvalue weighted by atomic mass is 19.1. The van der Waals surface area contributed by atoms with Crippen molar-refractivity contribution >= 4 is 28.9 Å². The third kappa shape index (κ3) is 5.06. The summed E-state index contributed by atoms with van der Waals surface area (Å²) < 4.78 is 13.0. The summed E-state index contributed by atoms with van der Waals surface area (Å²) in [6.07, 6.45) is 0. The van der Waals surface area contributed by atoms with Crippen molar-refractivity contribution in [3.05, 3.63) is 54.3 Å². The fourth-order valence-electron chi connectivity index (χ4n) is 2.56. The molecule has 0 heterocycles. The van der Waals surface area contributed by atoms with Gasteiger partial charge in [-0.05, 0) is 76.2 Å². The summed E-state index contributed by atoms with van der Waals surface area (Å²) in [6.45, 7) is 9.07. The quantitative estimate of drug-likeness (QED) is 0.715. The predicted molar refractivity (Wildman–Crippen MR) is 107 cm³/mol. The molecule has 0 saturated carbocycles. The van der Waals surface area contributed by atoms with E-state index in [0.29, 0.717) is 11.4 Å².